The van der Waals surface area contributed by atoms with Gasteiger partial charge in [0, 0.05) is 12.6 Å². The van der Waals surface area contributed by atoms with Gasteiger partial charge in [-0.1, -0.05) is 6.07 Å². The Bertz CT molecular complexity index is 438. The molecule has 0 saturated carbocycles. The highest BCUT2D eigenvalue weighted by atomic mass is 16.7. The molecule has 84 valence electrons. The fourth-order valence-corrected chi connectivity index (χ4v) is 2.82. The highest BCUT2D eigenvalue weighted by Gasteiger charge is 2.47. The summed E-state index contributed by atoms with van der Waals surface area (Å²) in [4.78, 5) is 0. The van der Waals surface area contributed by atoms with E-state index in [2.05, 4.69) is 17.4 Å². The minimum atomic E-state index is -0.133. The molecule has 0 aliphatic carbocycles. The van der Waals surface area contributed by atoms with E-state index >= 15 is 0 Å². The molecule has 3 aliphatic rings. The van der Waals surface area contributed by atoms with Gasteiger partial charge in [0.25, 0.3) is 0 Å². The maximum Gasteiger partial charge on any atom is 0.231 e. The van der Waals surface area contributed by atoms with E-state index in [0.29, 0.717) is 12.8 Å². The number of hydrogen-bond acceptors (Lipinski definition) is 4. The van der Waals surface area contributed by atoms with Crippen molar-refractivity contribution in [3.05, 3.63) is 23.8 Å². The van der Waals surface area contributed by atoms with Crippen LogP contribution < -0.4 is 14.8 Å². The zero-order chi connectivity index (χ0) is 10.6. The Balaban J connectivity index is 1.77. The summed E-state index contributed by atoms with van der Waals surface area (Å²) in [6.07, 6.45) is 1.06. The van der Waals surface area contributed by atoms with Gasteiger partial charge in [0.15, 0.2) is 11.5 Å². The zero-order valence-electron chi connectivity index (χ0n) is 8.86. The summed E-state index contributed by atoms with van der Waals surface area (Å²) in [5.41, 5.74) is 1.07. The van der Waals surface area contributed by atoms with Gasteiger partial charge in [0.2, 0.25) is 6.79 Å². The first kappa shape index (κ1) is 8.84. The van der Waals surface area contributed by atoms with Crippen molar-refractivity contribution in [3.8, 4) is 11.5 Å². The van der Waals surface area contributed by atoms with Gasteiger partial charge in [-0.25, -0.2) is 0 Å². The lowest BCUT2D eigenvalue weighted by Gasteiger charge is -2.27. The van der Waals surface area contributed by atoms with Crippen LogP contribution in [0.25, 0.3) is 0 Å². The number of nitrogens with one attached hydrogen (secondary N) is 1. The van der Waals surface area contributed by atoms with E-state index in [4.69, 9.17) is 14.2 Å². The van der Waals surface area contributed by atoms with Crippen molar-refractivity contribution in [2.75, 3.05) is 19.9 Å². The number of hydrogen-bond donors (Lipinski definition) is 1. The molecule has 0 spiro atoms. The smallest absolute Gasteiger partial charge is 0.231 e. The van der Waals surface area contributed by atoms with Gasteiger partial charge >= 0.3 is 0 Å². The van der Waals surface area contributed by atoms with E-state index < -0.39 is 0 Å². The lowest BCUT2D eigenvalue weighted by atomic mass is 9.92. The normalized spacial score (nSPS) is 34.6. The Morgan fingerprint density at radius 2 is 2.19 bits per heavy atom. The van der Waals surface area contributed by atoms with Crippen LogP contribution in [0.2, 0.25) is 0 Å². The third-order valence-corrected chi connectivity index (χ3v) is 3.71. The molecule has 3 heterocycles. The molecule has 4 rings (SSSR count). The van der Waals surface area contributed by atoms with Gasteiger partial charge in [-0.2, -0.15) is 0 Å². The maximum absolute atomic E-state index is 5.93. The monoisotopic (exact) mass is 219 g/mol. The minimum Gasteiger partial charge on any atom is -0.454 e. The first-order chi connectivity index (χ1) is 7.86. The summed E-state index contributed by atoms with van der Waals surface area (Å²) < 4.78 is 16.6. The summed E-state index contributed by atoms with van der Waals surface area (Å²) in [6.45, 7) is 2.04. The van der Waals surface area contributed by atoms with Gasteiger partial charge in [-0.05, 0) is 24.1 Å². The van der Waals surface area contributed by atoms with Crippen molar-refractivity contribution in [2.45, 2.75) is 18.1 Å². The van der Waals surface area contributed by atoms with Gasteiger partial charge in [0.1, 0.15) is 5.60 Å². The van der Waals surface area contributed by atoms with Crippen LogP contribution in [0.5, 0.6) is 11.5 Å². The summed E-state index contributed by atoms with van der Waals surface area (Å²) in [5.74, 6) is 1.67. The maximum atomic E-state index is 5.93. The molecule has 2 unspecified atom stereocenters. The van der Waals surface area contributed by atoms with Crippen LogP contribution in [-0.2, 0) is 10.3 Å². The SMILES string of the molecule is c1cc2c(cc1C13CNC(CO1)C3)OCO2. The Morgan fingerprint density at radius 3 is 2.94 bits per heavy atom. The fraction of sp³-hybridized carbons (Fsp3) is 0.500. The van der Waals surface area contributed by atoms with Gasteiger partial charge < -0.3 is 19.5 Å². The van der Waals surface area contributed by atoms with E-state index in [1.165, 1.54) is 5.56 Å². The topological polar surface area (TPSA) is 39.7 Å². The molecule has 4 nitrogen and oxygen atoms in total. The Morgan fingerprint density at radius 1 is 1.25 bits per heavy atom. The average Bonchev–Trinajstić information content (AvgIpc) is 3.04. The van der Waals surface area contributed by atoms with Crippen molar-refractivity contribution in [1.29, 1.82) is 0 Å². The first-order valence-corrected chi connectivity index (χ1v) is 5.63. The van der Waals surface area contributed by atoms with Gasteiger partial charge in [-0.15, -0.1) is 0 Å². The molecule has 2 fully saturated rings. The second kappa shape index (κ2) is 2.90. The molecule has 16 heavy (non-hydrogen) atoms. The number of rotatable bonds is 1. The molecule has 2 atom stereocenters. The standard InChI is InChI=1S/C12H13NO3/c1-2-10-11(15-7-14-10)3-8(1)12-4-9(5-16-12)13-6-12/h1-3,9,13H,4-7H2. The molecular formula is C12H13NO3. The largest absolute Gasteiger partial charge is 0.454 e. The lowest BCUT2D eigenvalue weighted by Crippen LogP contribution is -2.37. The number of ether oxygens (including phenoxy) is 3. The fourth-order valence-electron chi connectivity index (χ4n) is 2.82. The third-order valence-electron chi connectivity index (χ3n) is 3.71. The van der Waals surface area contributed by atoms with Crippen LogP contribution >= 0.6 is 0 Å². The average molecular weight is 219 g/mol. The van der Waals surface area contributed by atoms with Crippen LogP contribution in [0.4, 0.5) is 0 Å². The van der Waals surface area contributed by atoms with Crippen LogP contribution in [0.3, 0.4) is 0 Å². The van der Waals surface area contributed by atoms with Crippen molar-refractivity contribution in [1.82, 2.24) is 5.32 Å². The predicted octanol–water partition coefficient (Wildman–Crippen LogP) is 1.00. The van der Waals surface area contributed by atoms with Crippen molar-refractivity contribution in [3.63, 3.8) is 0 Å². The summed E-state index contributed by atoms with van der Waals surface area (Å²) in [6, 6.07) is 6.63. The minimum absolute atomic E-state index is 0.133. The Kier molecular flexibility index (Phi) is 1.60. The van der Waals surface area contributed by atoms with E-state index in [-0.39, 0.29) is 5.60 Å². The molecule has 0 amide bonds. The molecule has 1 aromatic rings. The van der Waals surface area contributed by atoms with E-state index in [0.717, 1.165) is 31.1 Å². The summed E-state index contributed by atoms with van der Waals surface area (Å²) >= 11 is 0. The molecule has 2 bridgehead atoms. The molecule has 1 aromatic carbocycles. The molecule has 1 N–H and O–H groups in total. The molecule has 0 radical (unpaired) electrons. The molecule has 2 saturated heterocycles. The first-order valence-electron chi connectivity index (χ1n) is 5.63. The zero-order valence-corrected chi connectivity index (χ0v) is 8.86. The summed E-state index contributed by atoms with van der Waals surface area (Å²) in [5, 5.41) is 3.47. The Labute approximate surface area is 93.5 Å². The quantitative estimate of drug-likeness (QED) is 0.765. The number of fused-ring (bicyclic) bond motifs is 3. The van der Waals surface area contributed by atoms with E-state index in [9.17, 15) is 0 Å². The number of benzene rings is 1. The van der Waals surface area contributed by atoms with Crippen molar-refractivity contribution in [2.24, 2.45) is 0 Å². The third kappa shape index (κ3) is 1.06. The molecule has 3 aliphatic heterocycles. The second-order valence-electron chi connectivity index (χ2n) is 4.66. The van der Waals surface area contributed by atoms with Gasteiger partial charge in [0.05, 0.1) is 6.61 Å². The highest BCUT2D eigenvalue weighted by molar-refractivity contribution is 5.46. The van der Waals surface area contributed by atoms with Crippen LogP contribution in [0.1, 0.15) is 12.0 Å². The van der Waals surface area contributed by atoms with Crippen LogP contribution in [0.15, 0.2) is 18.2 Å². The van der Waals surface area contributed by atoms with Crippen molar-refractivity contribution >= 4 is 0 Å². The summed E-state index contributed by atoms with van der Waals surface area (Å²) in [7, 11) is 0. The van der Waals surface area contributed by atoms with E-state index in [1.54, 1.807) is 0 Å². The Hall–Kier alpha value is -1.26. The van der Waals surface area contributed by atoms with Crippen molar-refractivity contribution < 1.29 is 14.2 Å². The molecule has 0 aromatic heterocycles. The lowest BCUT2D eigenvalue weighted by molar-refractivity contribution is -0.00969. The van der Waals surface area contributed by atoms with Crippen LogP contribution in [0, 0.1) is 0 Å². The van der Waals surface area contributed by atoms with E-state index in [1.807, 2.05) is 6.07 Å². The van der Waals surface area contributed by atoms with Crippen LogP contribution in [-0.4, -0.2) is 26.0 Å². The molecular weight excluding hydrogens is 206 g/mol. The highest BCUT2D eigenvalue weighted by Crippen LogP contribution is 2.43. The number of morpholine rings is 1. The molecule has 4 heteroatoms. The predicted molar refractivity (Wildman–Crippen MR) is 56.6 cm³/mol. The van der Waals surface area contributed by atoms with Gasteiger partial charge in [-0.3, -0.25) is 0 Å². The second-order valence-corrected chi connectivity index (χ2v) is 4.66.